The Morgan fingerprint density at radius 3 is 2.75 bits per heavy atom. The number of para-hydroxylation sites is 1. The third kappa shape index (κ3) is 3.65. The molecule has 2 aromatic rings. The molecule has 1 aliphatic rings. The van der Waals surface area contributed by atoms with Gasteiger partial charge in [-0.2, -0.15) is 0 Å². The van der Waals surface area contributed by atoms with Crippen LogP contribution in [-0.2, 0) is 16.0 Å². The summed E-state index contributed by atoms with van der Waals surface area (Å²) in [5.41, 5.74) is 5.18. The Morgan fingerprint density at radius 2 is 1.96 bits per heavy atom. The maximum atomic E-state index is 12.2. The Hall–Kier alpha value is -2.62. The molecular weight excluding hydrogens is 300 g/mol. The summed E-state index contributed by atoms with van der Waals surface area (Å²) in [6.07, 6.45) is 1.59. The quantitative estimate of drug-likeness (QED) is 0.898. The minimum absolute atomic E-state index is 0.00711. The molecule has 2 amide bonds. The van der Waals surface area contributed by atoms with Gasteiger partial charge < -0.3 is 10.6 Å². The molecule has 4 heteroatoms. The van der Waals surface area contributed by atoms with Crippen LogP contribution in [0.4, 0.5) is 11.4 Å². The molecule has 0 aromatic heterocycles. The van der Waals surface area contributed by atoms with Gasteiger partial charge in [-0.3, -0.25) is 9.59 Å². The highest BCUT2D eigenvalue weighted by Gasteiger charge is 2.26. The molecule has 4 nitrogen and oxygen atoms in total. The molecule has 24 heavy (non-hydrogen) atoms. The number of aryl methyl sites for hydroxylation is 2. The van der Waals surface area contributed by atoms with Crippen LogP contribution in [0.15, 0.2) is 42.5 Å². The van der Waals surface area contributed by atoms with Crippen molar-refractivity contribution in [1.29, 1.82) is 0 Å². The molecule has 1 unspecified atom stereocenters. The van der Waals surface area contributed by atoms with Gasteiger partial charge in [0.1, 0.15) is 0 Å². The van der Waals surface area contributed by atoms with Crippen molar-refractivity contribution in [3.8, 4) is 0 Å². The van der Waals surface area contributed by atoms with E-state index in [9.17, 15) is 9.59 Å². The summed E-state index contributed by atoms with van der Waals surface area (Å²) >= 11 is 0. The molecule has 0 saturated carbocycles. The van der Waals surface area contributed by atoms with Crippen molar-refractivity contribution in [2.75, 3.05) is 10.6 Å². The van der Waals surface area contributed by atoms with Crippen LogP contribution in [0.3, 0.4) is 0 Å². The Labute approximate surface area is 142 Å². The van der Waals surface area contributed by atoms with Crippen molar-refractivity contribution in [2.45, 2.75) is 33.1 Å². The van der Waals surface area contributed by atoms with E-state index in [-0.39, 0.29) is 17.7 Å². The zero-order chi connectivity index (χ0) is 17.1. The minimum atomic E-state index is -0.148. The summed E-state index contributed by atoms with van der Waals surface area (Å²) in [6.45, 7) is 4.06. The normalized spacial score (nSPS) is 16.2. The topological polar surface area (TPSA) is 58.2 Å². The first-order valence-electron chi connectivity index (χ1n) is 8.29. The van der Waals surface area contributed by atoms with E-state index in [4.69, 9.17) is 0 Å². The average molecular weight is 322 g/mol. The molecule has 2 N–H and O–H groups in total. The van der Waals surface area contributed by atoms with Crippen LogP contribution in [0, 0.1) is 19.8 Å². The zero-order valence-electron chi connectivity index (χ0n) is 14.1. The van der Waals surface area contributed by atoms with Crippen molar-refractivity contribution >= 4 is 23.2 Å². The molecular formula is C20H22N2O2. The smallest absolute Gasteiger partial charge is 0.227 e. The molecule has 0 fully saturated rings. The zero-order valence-corrected chi connectivity index (χ0v) is 14.1. The largest absolute Gasteiger partial charge is 0.326 e. The standard InChI is InChI=1S/C20H22N2O2/c1-13-7-9-17(11-14(13)2)21-19(23)10-8-16-12-15-5-3-4-6-18(15)22-20(16)24/h3-7,9,11,16H,8,10,12H2,1-2H3,(H,21,23)(H,22,24). The van der Waals surface area contributed by atoms with Gasteiger partial charge in [0.2, 0.25) is 11.8 Å². The SMILES string of the molecule is Cc1ccc(NC(=O)CCC2Cc3ccccc3NC2=O)cc1C. The summed E-state index contributed by atoms with van der Waals surface area (Å²) in [7, 11) is 0. The summed E-state index contributed by atoms with van der Waals surface area (Å²) in [5, 5.41) is 5.84. The highest BCUT2D eigenvalue weighted by atomic mass is 16.2. The van der Waals surface area contributed by atoms with E-state index >= 15 is 0 Å². The lowest BCUT2D eigenvalue weighted by Crippen LogP contribution is -2.30. The maximum Gasteiger partial charge on any atom is 0.227 e. The summed E-state index contributed by atoms with van der Waals surface area (Å²) in [4.78, 5) is 24.3. The fraction of sp³-hybridized carbons (Fsp3) is 0.300. The number of anilines is 2. The number of fused-ring (bicyclic) bond motifs is 1. The second-order valence-electron chi connectivity index (χ2n) is 6.43. The van der Waals surface area contributed by atoms with Gasteiger partial charge in [0, 0.05) is 23.7 Å². The van der Waals surface area contributed by atoms with Gasteiger partial charge in [-0.05, 0) is 61.6 Å². The predicted octanol–water partition coefficient (Wildman–Crippen LogP) is 3.83. The van der Waals surface area contributed by atoms with E-state index in [0.29, 0.717) is 19.3 Å². The molecule has 0 saturated heterocycles. The first kappa shape index (κ1) is 16.2. The molecule has 1 aliphatic heterocycles. The van der Waals surface area contributed by atoms with Gasteiger partial charge in [0.25, 0.3) is 0 Å². The summed E-state index contributed by atoms with van der Waals surface area (Å²) in [5.74, 6) is -0.192. The number of nitrogens with one attached hydrogen (secondary N) is 2. The monoisotopic (exact) mass is 322 g/mol. The van der Waals surface area contributed by atoms with Crippen LogP contribution in [0.2, 0.25) is 0 Å². The van der Waals surface area contributed by atoms with Crippen molar-refractivity contribution in [3.63, 3.8) is 0 Å². The molecule has 1 heterocycles. The fourth-order valence-corrected chi connectivity index (χ4v) is 2.99. The van der Waals surface area contributed by atoms with Crippen molar-refractivity contribution in [1.82, 2.24) is 0 Å². The molecule has 2 aromatic carbocycles. The Morgan fingerprint density at radius 1 is 1.17 bits per heavy atom. The lowest BCUT2D eigenvalue weighted by Gasteiger charge is -2.24. The van der Waals surface area contributed by atoms with Crippen LogP contribution < -0.4 is 10.6 Å². The van der Waals surface area contributed by atoms with Crippen LogP contribution in [-0.4, -0.2) is 11.8 Å². The number of rotatable bonds is 4. The number of carbonyl (C=O) groups excluding carboxylic acids is 2. The van der Waals surface area contributed by atoms with Gasteiger partial charge in [-0.25, -0.2) is 0 Å². The Kier molecular flexibility index (Phi) is 4.65. The third-order valence-electron chi connectivity index (χ3n) is 4.62. The summed E-state index contributed by atoms with van der Waals surface area (Å²) in [6, 6.07) is 13.7. The third-order valence-corrected chi connectivity index (χ3v) is 4.62. The van der Waals surface area contributed by atoms with E-state index in [1.807, 2.05) is 56.3 Å². The van der Waals surface area contributed by atoms with Gasteiger partial charge in [0.15, 0.2) is 0 Å². The van der Waals surface area contributed by atoms with E-state index < -0.39 is 0 Å². The number of hydrogen-bond acceptors (Lipinski definition) is 2. The number of hydrogen-bond donors (Lipinski definition) is 2. The van der Waals surface area contributed by atoms with Crippen molar-refractivity contribution in [2.24, 2.45) is 5.92 Å². The second-order valence-corrected chi connectivity index (χ2v) is 6.43. The van der Waals surface area contributed by atoms with Gasteiger partial charge in [-0.15, -0.1) is 0 Å². The van der Waals surface area contributed by atoms with Crippen LogP contribution >= 0.6 is 0 Å². The minimum Gasteiger partial charge on any atom is -0.326 e. The average Bonchev–Trinajstić information content (AvgIpc) is 2.56. The Bertz CT molecular complexity index is 783. The lowest BCUT2D eigenvalue weighted by atomic mass is 9.89. The maximum absolute atomic E-state index is 12.2. The van der Waals surface area contributed by atoms with Crippen LogP contribution in [0.5, 0.6) is 0 Å². The van der Waals surface area contributed by atoms with Gasteiger partial charge in [-0.1, -0.05) is 24.3 Å². The molecule has 0 spiro atoms. The molecule has 3 rings (SSSR count). The van der Waals surface area contributed by atoms with E-state index in [2.05, 4.69) is 10.6 Å². The molecule has 124 valence electrons. The Balaban J connectivity index is 1.56. The van der Waals surface area contributed by atoms with E-state index in [1.165, 1.54) is 5.56 Å². The second kappa shape index (κ2) is 6.87. The summed E-state index contributed by atoms with van der Waals surface area (Å²) < 4.78 is 0. The van der Waals surface area contributed by atoms with E-state index in [0.717, 1.165) is 22.5 Å². The van der Waals surface area contributed by atoms with E-state index in [1.54, 1.807) is 0 Å². The highest BCUT2D eigenvalue weighted by Crippen LogP contribution is 2.27. The predicted molar refractivity (Wildman–Crippen MR) is 96.0 cm³/mol. The highest BCUT2D eigenvalue weighted by molar-refractivity contribution is 5.96. The molecule has 0 bridgehead atoms. The number of benzene rings is 2. The van der Waals surface area contributed by atoms with Crippen molar-refractivity contribution in [3.05, 3.63) is 59.2 Å². The first-order valence-corrected chi connectivity index (χ1v) is 8.29. The van der Waals surface area contributed by atoms with Gasteiger partial charge >= 0.3 is 0 Å². The molecule has 1 atom stereocenters. The van der Waals surface area contributed by atoms with Crippen LogP contribution in [0.1, 0.15) is 29.5 Å². The number of amides is 2. The fourth-order valence-electron chi connectivity index (χ4n) is 2.99. The lowest BCUT2D eigenvalue weighted by molar-refractivity contribution is -0.121. The number of carbonyl (C=O) groups is 2. The first-order chi connectivity index (χ1) is 11.5. The van der Waals surface area contributed by atoms with Crippen molar-refractivity contribution < 1.29 is 9.59 Å². The molecule has 0 aliphatic carbocycles. The molecule has 0 radical (unpaired) electrons. The van der Waals surface area contributed by atoms with Crippen LogP contribution in [0.25, 0.3) is 0 Å². The van der Waals surface area contributed by atoms with Gasteiger partial charge in [0.05, 0.1) is 0 Å².